The quantitative estimate of drug-likeness (QED) is 0.704. The number of hydrogen-bond donors (Lipinski definition) is 1. The summed E-state index contributed by atoms with van der Waals surface area (Å²) in [4.78, 5) is 13.1. The molecule has 3 aromatic rings. The second kappa shape index (κ2) is 7.88. The number of carbonyl (C=O) groups is 1. The molecule has 0 aliphatic rings. The first kappa shape index (κ1) is 19.7. The van der Waals surface area contributed by atoms with E-state index in [2.05, 4.69) is 24.3 Å². The maximum absolute atomic E-state index is 13.1. The van der Waals surface area contributed by atoms with Crippen LogP contribution in [0.25, 0.3) is 11.3 Å². The van der Waals surface area contributed by atoms with Crippen molar-refractivity contribution >= 4 is 11.7 Å². The maximum Gasteiger partial charge on any atom is 0.260 e. The minimum absolute atomic E-state index is 0.225. The highest BCUT2D eigenvalue weighted by Gasteiger charge is 2.22. The van der Waals surface area contributed by atoms with Gasteiger partial charge in [-0.2, -0.15) is 10.2 Å². The summed E-state index contributed by atoms with van der Waals surface area (Å²) < 4.78 is 9.00. The van der Waals surface area contributed by atoms with Gasteiger partial charge >= 0.3 is 0 Å². The first-order valence-corrected chi connectivity index (χ1v) is 9.33. The summed E-state index contributed by atoms with van der Waals surface area (Å²) in [5.74, 6) is 1.51. The zero-order valence-corrected chi connectivity index (χ0v) is 17.3. The van der Waals surface area contributed by atoms with Crippen molar-refractivity contribution in [2.24, 2.45) is 13.0 Å². The number of benzene rings is 1. The van der Waals surface area contributed by atoms with Crippen LogP contribution in [0.2, 0.25) is 0 Å². The highest BCUT2D eigenvalue weighted by atomic mass is 16.5. The van der Waals surface area contributed by atoms with E-state index in [1.807, 2.05) is 42.8 Å². The standard InChI is InChI=1S/C21H27N5O2/c1-13(2)11-26-12-17(21(27)22-19-10-15(4)23-25(19)5)20(24-26)16-9-14(3)7-8-18(16)28-6/h7-10,12-13H,11H2,1-6H3,(H,22,27). The molecule has 0 fully saturated rings. The van der Waals surface area contributed by atoms with Crippen LogP contribution in [0, 0.1) is 19.8 Å². The maximum atomic E-state index is 13.1. The molecular weight excluding hydrogens is 354 g/mol. The summed E-state index contributed by atoms with van der Waals surface area (Å²) in [6.45, 7) is 8.85. The number of carbonyl (C=O) groups excluding carboxylic acids is 1. The molecule has 148 valence electrons. The highest BCUT2D eigenvalue weighted by Crippen LogP contribution is 2.32. The van der Waals surface area contributed by atoms with Gasteiger partial charge in [0.25, 0.3) is 5.91 Å². The highest BCUT2D eigenvalue weighted by molar-refractivity contribution is 6.08. The monoisotopic (exact) mass is 381 g/mol. The van der Waals surface area contributed by atoms with E-state index in [4.69, 9.17) is 9.84 Å². The Hall–Kier alpha value is -3.09. The minimum Gasteiger partial charge on any atom is -0.496 e. The first-order chi connectivity index (χ1) is 13.3. The summed E-state index contributed by atoms with van der Waals surface area (Å²) in [7, 11) is 3.42. The van der Waals surface area contributed by atoms with Gasteiger partial charge in [-0.15, -0.1) is 0 Å². The molecule has 0 saturated heterocycles. The number of amides is 1. The number of nitrogens with one attached hydrogen (secondary N) is 1. The second-order valence-electron chi connectivity index (χ2n) is 7.46. The number of aryl methyl sites for hydroxylation is 3. The molecule has 0 aliphatic carbocycles. The lowest BCUT2D eigenvalue weighted by Gasteiger charge is -2.10. The van der Waals surface area contributed by atoms with Crippen LogP contribution < -0.4 is 10.1 Å². The molecule has 2 heterocycles. The Bertz CT molecular complexity index is 1000. The molecule has 0 saturated carbocycles. The van der Waals surface area contributed by atoms with Gasteiger partial charge in [-0.25, -0.2) is 0 Å². The van der Waals surface area contributed by atoms with Crippen LogP contribution in [0.4, 0.5) is 5.82 Å². The minimum atomic E-state index is -0.225. The molecule has 28 heavy (non-hydrogen) atoms. The van der Waals surface area contributed by atoms with Crippen LogP contribution in [0.1, 0.15) is 35.5 Å². The summed E-state index contributed by atoms with van der Waals surface area (Å²) >= 11 is 0. The van der Waals surface area contributed by atoms with Gasteiger partial charge in [-0.3, -0.25) is 14.2 Å². The molecule has 0 aliphatic heterocycles. The van der Waals surface area contributed by atoms with Crippen molar-refractivity contribution in [3.05, 3.63) is 47.3 Å². The third-order valence-corrected chi connectivity index (χ3v) is 4.41. The van der Waals surface area contributed by atoms with E-state index in [1.165, 1.54) is 0 Å². The van der Waals surface area contributed by atoms with Crippen LogP contribution in [0.15, 0.2) is 30.5 Å². The zero-order chi connectivity index (χ0) is 20.4. The van der Waals surface area contributed by atoms with Crippen LogP contribution in [-0.2, 0) is 13.6 Å². The lowest BCUT2D eigenvalue weighted by molar-refractivity contribution is 0.102. The average molecular weight is 381 g/mol. The van der Waals surface area contributed by atoms with Crippen LogP contribution >= 0.6 is 0 Å². The fraction of sp³-hybridized carbons (Fsp3) is 0.381. The van der Waals surface area contributed by atoms with Gasteiger partial charge < -0.3 is 10.1 Å². The summed E-state index contributed by atoms with van der Waals surface area (Å²) in [6.07, 6.45) is 1.80. The van der Waals surface area contributed by atoms with Crippen molar-refractivity contribution in [1.82, 2.24) is 19.6 Å². The third-order valence-electron chi connectivity index (χ3n) is 4.41. The molecule has 0 spiro atoms. The van der Waals surface area contributed by atoms with Crippen molar-refractivity contribution in [2.75, 3.05) is 12.4 Å². The molecule has 1 amide bonds. The zero-order valence-electron chi connectivity index (χ0n) is 17.3. The number of anilines is 1. The summed E-state index contributed by atoms with van der Waals surface area (Å²) in [5.41, 5.74) is 3.83. The summed E-state index contributed by atoms with van der Waals surface area (Å²) in [6, 6.07) is 7.71. The number of rotatable bonds is 6. The fourth-order valence-corrected chi connectivity index (χ4v) is 3.17. The molecule has 0 atom stereocenters. The molecule has 3 rings (SSSR count). The van der Waals surface area contributed by atoms with Gasteiger partial charge in [0.2, 0.25) is 0 Å². The van der Waals surface area contributed by atoms with Crippen molar-refractivity contribution in [3.63, 3.8) is 0 Å². The Labute approximate surface area is 165 Å². The largest absolute Gasteiger partial charge is 0.496 e. The first-order valence-electron chi connectivity index (χ1n) is 9.33. The van der Waals surface area contributed by atoms with E-state index < -0.39 is 0 Å². The molecular formula is C21H27N5O2. The Kier molecular flexibility index (Phi) is 5.53. The molecule has 2 aromatic heterocycles. The fourth-order valence-electron chi connectivity index (χ4n) is 3.17. The number of aromatic nitrogens is 4. The van der Waals surface area contributed by atoms with E-state index in [-0.39, 0.29) is 5.91 Å². The molecule has 0 bridgehead atoms. The van der Waals surface area contributed by atoms with Crippen molar-refractivity contribution in [1.29, 1.82) is 0 Å². The van der Waals surface area contributed by atoms with Gasteiger partial charge in [0, 0.05) is 31.4 Å². The number of nitrogens with zero attached hydrogens (tertiary/aromatic N) is 4. The van der Waals surface area contributed by atoms with Crippen molar-refractivity contribution < 1.29 is 9.53 Å². The molecule has 7 heteroatoms. The lowest BCUT2D eigenvalue weighted by atomic mass is 10.0. The Morgan fingerprint density at radius 2 is 1.96 bits per heavy atom. The second-order valence-corrected chi connectivity index (χ2v) is 7.46. The number of hydrogen-bond acceptors (Lipinski definition) is 4. The Morgan fingerprint density at radius 3 is 2.57 bits per heavy atom. The van der Waals surface area contributed by atoms with Crippen molar-refractivity contribution in [3.8, 4) is 17.0 Å². The molecule has 0 unspecified atom stereocenters. The van der Waals surface area contributed by atoms with Gasteiger partial charge in [-0.1, -0.05) is 25.5 Å². The molecule has 7 nitrogen and oxygen atoms in total. The number of ether oxygens (including phenoxy) is 1. The smallest absolute Gasteiger partial charge is 0.260 e. The van der Waals surface area contributed by atoms with Crippen LogP contribution in [0.3, 0.4) is 0 Å². The number of methoxy groups -OCH3 is 1. The van der Waals surface area contributed by atoms with Gasteiger partial charge in [0.15, 0.2) is 0 Å². The Balaban J connectivity index is 2.07. The van der Waals surface area contributed by atoms with E-state index in [0.29, 0.717) is 28.7 Å². The third kappa shape index (κ3) is 4.08. The lowest BCUT2D eigenvalue weighted by Crippen LogP contribution is -2.15. The van der Waals surface area contributed by atoms with Crippen molar-refractivity contribution in [2.45, 2.75) is 34.2 Å². The van der Waals surface area contributed by atoms with E-state index in [1.54, 1.807) is 25.0 Å². The summed E-state index contributed by atoms with van der Waals surface area (Å²) in [5, 5.41) is 11.9. The Morgan fingerprint density at radius 1 is 1.21 bits per heavy atom. The van der Waals surface area contributed by atoms with E-state index in [9.17, 15) is 4.79 Å². The van der Waals surface area contributed by atoms with Gasteiger partial charge in [0.1, 0.15) is 17.3 Å². The van der Waals surface area contributed by atoms with E-state index >= 15 is 0 Å². The molecule has 1 aromatic carbocycles. The van der Waals surface area contributed by atoms with Gasteiger partial charge in [0.05, 0.1) is 18.4 Å². The SMILES string of the molecule is COc1ccc(C)cc1-c1nn(CC(C)C)cc1C(=O)Nc1cc(C)nn1C. The normalized spacial score (nSPS) is 11.1. The molecule has 0 radical (unpaired) electrons. The molecule has 1 N–H and O–H groups in total. The van der Waals surface area contributed by atoms with Crippen LogP contribution in [0.5, 0.6) is 5.75 Å². The van der Waals surface area contributed by atoms with Crippen LogP contribution in [-0.4, -0.2) is 32.6 Å². The topological polar surface area (TPSA) is 74.0 Å². The predicted molar refractivity (Wildman–Crippen MR) is 110 cm³/mol. The van der Waals surface area contributed by atoms with Gasteiger partial charge in [-0.05, 0) is 31.9 Å². The predicted octanol–water partition coefficient (Wildman–Crippen LogP) is 3.82. The average Bonchev–Trinajstić information content (AvgIpc) is 3.17. The van der Waals surface area contributed by atoms with E-state index in [0.717, 1.165) is 23.4 Å².